The zero-order valence-electron chi connectivity index (χ0n) is 76.8. The van der Waals surface area contributed by atoms with E-state index in [1.165, 1.54) is 28.9 Å². The maximum absolute atomic E-state index is 16.0. The molecule has 14 atom stereocenters. The Balaban J connectivity index is 0.792. The van der Waals surface area contributed by atoms with Crippen molar-refractivity contribution in [3.63, 3.8) is 0 Å². The molecule has 10 heterocycles. The van der Waals surface area contributed by atoms with E-state index in [1.807, 2.05) is 55.5 Å². The molecule has 3 aromatic heterocycles. The monoisotopic (exact) mass is 1810 g/mol. The summed E-state index contributed by atoms with van der Waals surface area (Å²) < 4.78 is 31.3. The Labute approximate surface area is 766 Å². The lowest BCUT2D eigenvalue weighted by molar-refractivity contribution is -0.195. The predicted molar refractivity (Wildman–Crippen MR) is 487 cm³/mol. The lowest BCUT2D eigenvalue weighted by Crippen LogP contribution is -2.67. The fraction of sp³-hybridized carbons (Fsp3) is 0.541. The molecule has 6 fully saturated rings. The van der Waals surface area contributed by atoms with Gasteiger partial charge in [0, 0.05) is 48.1 Å². The van der Waals surface area contributed by atoms with Gasteiger partial charge in [0.15, 0.2) is 18.3 Å². The summed E-state index contributed by atoms with van der Waals surface area (Å²) >= 11 is 0. The van der Waals surface area contributed by atoms with E-state index in [4.69, 9.17) is 38.6 Å². The predicted octanol–water partition coefficient (Wildman–Crippen LogP) is 7.11. The molecule has 2 saturated carbocycles. The number of hydrazine groups is 3. The molecule has 132 heavy (non-hydrogen) atoms. The number of hydrogen-bond donors (Lipinski definition) is 11. The number of aliphatic hydroxyl groups is 2. The lowest BCUT2D eigenvalue weighted by atomic mass is 9.72. The van der Waals surface area contributed by atoms with Crippen molar-refractivity contribution in [1.29, 1.82) is 0 Å². The number of aliphatic hydroxyl groups excluding tert-OH is 2. The number of ether oxygens (including phenoxy) is 5. The molecule has 9 aliphatic rings. The summed E-state index contributed by atoms with van der Waals surface area (Å²) in [5.41, 5.74) is 8.79. The molecular formula is C98H123N15O19. The Kier molecular flexibility index (Phi) is 28.6. The number of amides is 9. The number of rotatable bonds is 7. The topological polar surface area (TPSA) is 448 Å². The van der Waals surface area contributed by atoms with Crippen LogP contribution in [0.5, 0.6) is 0 Å². The first-order valence-corrected chi connectivity index (χ1v) is 46.6. The minimum Gasteiger partial charge on any atom is -0.451 e. The molecule has 6 aromatic rings. The Hall–Kier alpha value is -11.5. The highest BCUT2D eigenvalue weighted by atomic mass is 16.6. The first-order chi connectivity index (χ1) is 63.0. The molecule has 15 bridgehead atoms. The van der Waals surface area contributed by atoms with Gasteiger partial charge >= 0.3 is 17.9 Å². The van der Waals surface area contributed by atoms with Crippen LogP contribution in [-0.4, -0.2) is 223 Å². The molecule has 11 N–H and O–H groups in total. The van der Waals surface area contributed by atoms with E-state index in [-0.39, 0.29) is 110 Å². The normalized spacial score (nSPS) is 32.0. The molecule has 34 heteroatoms. The quantitative estimate of drug-likeness (QED) is 0.0560. The van der Waals surface area contributed by atoms with Crippen LogP contribution in [0.1, 0.15) is 229 Å². The molecule has 15 rings (SSSR count). The van der Waals surface area contributed by atoms with Crippen LogP contribution in [0.4, 0.5) is 0 Å². The summed E-state index contributed by atoms with van der Waals surface area (Å²) in [5, 5.41) is 46.0. The fourth-order valence-corrected chi connectivity index (χ4v) is 19.3. The van der Waals surface area contributed by atoms with Gasteiger partial charge in [0.25, 0.3) is 35.4 Å². The summed E-state index contributed by atoms with van der Waals surface area (Å²) in [6, 6.07) is 15.9. The Morgan fingerprint density at radius 2 is 0.917 bits per heavy atom. The number of aromatic nitrogens is 3. The second-order valence-corrected chi connectivity index (χ2v) is 38.4. The van der Waals surface area contributed by atoms with E-state index in [9.17, 15) is 34.2 Å². The summed E-state index contributed by atoms with van der Waals surface area (Å²) in [6.45, 7) is 19.0. The van der Waals surface area contributed by atoms with Gasteiger partial charge in [-0.05, 0) is 220 Å². The first kappa shape index (κ1) is 95.1. The highest BCUT2D eigenvalue weighted by molar-refractivity contribution is 5.97. The number of carbonyl (C=O) groups excluding carboxylic acids is 12. The molecule has 3 spiro atoms. The van der Waals surface area contributed by atoms with Gasteiger partial charge in [-0.25, -0.2) is 21.1 Å². The number of carbonyl (C=O) groups is 12. The van der Waals surface area contributed by atoms with Crippen LogP contribution in [0.25, 0.3) is 50.9 Å². The number of benzene rings is 3. The largest absolute Gasteiger partial charge is 0.451 e. The van der Waals surface area contributed by atoms with E-state index >= 15 is 33.6 Å². The number of esters is 3. The van der Waals surface area contributed by atoms with Gasteiger partial charge in [0.2, 0.25) is 23.3 Å². The minimum atomic E-state index is -1.81. The van der Waals surface area contributed by atoms with Crippen LogP contribution >= 0.6 is 0 Å². The molecule has 3 aromatic carbocycles. The van der Waals surface area contributed by atoms with Crippen LogP contribution in [0.3, 0.4) is 0 Å². The molecule has 2 unspecified atom stereocenters. The van der Waals surface area contributed by atoms with Crippen molar-refractivity contribution in [3.8, 4) is 0 Å². The third-order valence-electron chi connectivity index (χ3n) is 27.5. The summed E-state index contributed by atoms with van der Waals surface area (Å²) in [5.74, 6) is -10.0. The number of nitrogens with one attached hydrogen (secondary N) is 9. The lowest BCUT2D eigenvalue weighted by Gasteiger charge is -2.41. The third kappa shape index (κ3) is 20.8. The number of nitrogens with zero attached hydrogens (tertiary/aromatic N) is 6. The second-order valence-electron chi connectivity index (χ2n) is 38.4. The molecule has 34 nitrogen and oxygen atoms in total. The van der Waals surface area contributed by atoms with Crippen molar-refractivity contribution < 1.29 is 91.4 Å². The molecule has 7 aliphatic heterocycles. The van der Waals surface area contributed by atoms with E-state index in [0.29, 0.717) is 104 Å². The molecular weight excluding hydrogens is 1690 g/mol. The van der Waals surface area contributed by atoms with Gasteiger partial charge in [0.05, 0.1) is 94.6 Å². The van der Waals surface area contributed by atoms with Crippen molar-refractivity contribution >= 4 is 122 Å². The average molecular weight is 1820 g/mol. The third-order valence-corrected chi connectivity index (χ3v) is 27.5. The zero-order valence-corrected chi connectivity index (χ0v) is 76.8. The first-order valence-electron chi connectivity index (χ1n) is 46.6. The fourth-order valence-electron chi connectivity index (χ4n) is 19.3. The number of hydrogen-bond acceptors (Lipinski definition) is 25. The summed E-state index contributed by atoms with van der Waals surface area (Å²) in [4.78, 5) is 195. The highest BCUT2D eigenvalue weighted by Crippen LogP contribution is 2.44. The number of fused-ring (bicyclic) bond motifs is 12. The SMILES string of the molecule is CC(C)[C@@H]1OC(=O)[C@]2(/C=C/c3ccc4ccc(nc4c3)[C@@H](C)NC(=O)[C@@H]3CCCN(N3)C(=O)[C@H](Cc3cc4nc5cc(ccc35)/C=C/C3(CCC(O)CC3)C(=O)O[C@@H](C(C)Cc3cc5cc6nc(ccc36)[C@@H](C)NC(=O)[C@@H]3CCCN(N3)C(=O)[C@H](C)NC(=O)[C@@H](C(C)C)OC(=O)[C@]3(/C=C/5)CC[C@H](O)CC3)C(=O)N[C@@H](C)C(=O)N3CCCC(C)(N3)C(=O)N[C@@H]4C)NC1=O)COCCO2. The van der Waals surface area contributed by atoms with Crippen LogP contribution in [-0.2, 0) is 94.1 Å². The van der Waals surface area contributed by atoms with Crippen molar-refractivity contribution in [2.75, 3.05) is 39.5 Å². The molecule has 0 radical (unpaired) electrons. The van der Waals surface area contributed by atoms with E-state index in [0.717, 1.165) is 5.39 Å². The van der Waals surface area contributed by atoms with Crippen molar-refractivity contribution in [3.05, 3.63) is 142 Å². The minimum absolute atomic E-state index is 0.000366. The maximum Gasteiger partial charge on any atom is 0.345 e. The van der Waals surface area contributed by atoms with E-state index in [1.54, 1.807) is 122 Å². The Bertz CT molecular complexity index is 5560. The van der Waals surface area contributed by atoms with E-state index in [2.05, 4.69) is 48.2 Å². The van der Waals surface area contributed by atoms with Crippen LogP contribution in [0.15, 0.2) is 97.1 Å². The van der Waals surface area contributed by atoms with Gasteiger partial charge in [0.1, 0.15) is 35.7 Å². The second kappa shape index (κ2) is 39.7. The summed E-state index contributed by atoms with van der Waals surface area (Å²) in [6.07, 6.45) is 7.22. The van der Waals surface area contributed by atoms with Crippen molar-refractivity contribution in [2.24, 2.45) is 28.6 Å². The van der Waals surface area contributed by atoms with Gasteiger partial charge in [-0.1, -0.05) is 107 Å². The van der Waals surface area contributed by atoms with E-state index < -0.39 is 190 Å². The highest BCUT2D eigenvalue weighted by Gasteiger charge is 2.50. The van der Waals surface area contributed by atoms with Crippen LogP contribution < -0.4 is 48.2 Å². The van der Waals surface area contributed by atoms with Gasteiger partial charge in [-0.3, -0.25) is 82.7 Å². The smallest absolute Gasteiger partial charge is 0.345 e. The number of cyclic esters (lactones) is 3. The van der Waals surface area contributed by atoms with Crippen LogP contribution in [0, 0.1) is 28.6 Å². The van der Waals surface area contributed by atoms with Gasteiger partial charge < -0.3 is 65.8 Å². The average Bonchev–Trinajstić information content (AvgIpc) is 0.837. The van der Waals surface area contributed by atoms with Crippen LogP contribution in [0.2, 0.25) is 0 Å². The Morgan fingerprint density at radius 1 is 0.447 bits per heavy atom. The van der Waals surface area contributed by atoms with Gasteiger partial charge in [-0.2, -0.15) is 0 Å². The van der Waals surface area contributed by atoms with Crippen molar-refractivity contribution in [1.82, 2.24) is 78.2 Å². The maximum atomic E-state index is 16.0. The molecule has 2 aliphatic carbocycles. The van der Waals surface area contributed by atoms with Crippen molar-refractivity contribution in [2.45, 2.75) is 269 Å². The standard InChI is InChI=1S/C98H123N15O19/c1-53(2)80-85(118)101-59(9)88(121)111-40-12-15-73(108-111)83(116)100-57(7)72-24-22-70-65(46-63(49-78(70)105-72)26-34-97(92(125)130-80)37-30-68(115)31-38-97)45-55(5)82-87(120)102-60(10)89(122)113-42-14-32-95(11,110-113)91(124)103-58(8)75-50-66(69-21-18-62(48-77(69)106-75)25-33-96(93(126)132-82)35-28-67(114)29-36-96)51-79-90(123)112-41-13-16-74(109-112)84(117)99-56(6)71-23-20-64-19-17-61(47-76(64)104-71)27-39-98(52-128-43-44-129-98)94(127)131-81(54(3)4)86(119)107-79/h17-27,33-34,39,46-50,53-60,67-68,73-74,79-82,108-110,114-115H,12-16,28-32,35-38,40-45,51-52H2,1-11H3,(H,99,117)(H,100,116)(H,101,118)(H,102,120)(H,103,124)(H,107,119)/b33-25+,34-26+,39-27+/t55?,56-,57-,58-,59+,60+,67?,68-,73+,74+,79+,80-,81+,82+,95?,96?,97+,98+/m1/s1. The molecule has 4 saturated heterocycles. The Morgan fingerprint density at radius 3 is 1.52 bits per heavy atom. The number of pyridine rings is 3. The molecule has 9 amide bonds. The van der Waals surface area contributed by atoms with Gasteiger partial charge in [-0.15, -0.1) is 0 Å². The summed E-state index contributed by atoms with van der Waals surface area (Å²) in [7, 11) is 0. The zero-order chi connectivity index (χ0) is 94.0. The molecule has 704 valence electrons.